The summed E-state index contributed by atoms with van der Waals surface area (Å²) in [5, 5.41) is 14.0. The first-order valence-corrected chi connectivity index (χ1v) is 11.5. The molecule has 0 radical (unpaired) electrons. The molecule has 1 aliphatic rings. The average molecular weight is 446 g/mol. The molecule has 0 atom stereocenters. The van der Waals surface area contributed by atoms with Gasteiger partial charge in [0.2, 0.25) is 11.8 Å². The molecule has 0 bridgehead atoms. The lowest BCUT2D eigenvalue weighted by Gasteiger charge is -2.25. The van der Waals surface area contributed by atoms with Gasteiger partial charge in [0.15, 0.2) is 5.82 Å². The highest BCUT2D eigenvalue weighted by atomic mass is 32.1. The smallest absolute Gasteiger partial charge is 0.244 e. The van der Waals surface area contributed by atoms with Crippen LogP contribution in [0.2, 0.25) is 0 Å². The molecule has 1 N–H and O–H groups in total. The first kappa shape index (κ1) is 20.4. The summed E-state index contributed by atoms with van der Waals surface area (Å²) in [4.78, 5) is 18.4. The second-order valence-corrected chi connectivity index (χ2v) is 8.89. The lowest BCUT2D eigenvalue weighted by molar-refractivity contribution is -0.118. The van der Waals surface area contributed by atoms with E-state index >= 15 is 0 Å². The van der Waals surface area contributed by atoms with Crippen molar-refractivity contribution in [1.82, 2.24) is 25.2 Å². The summed E-state index contributed by atoms with van der Waals surface area (Å²) in [5.74, 6) is 0.884. The molecule has 7 nitrogen and oxygen atoms in total. The zero-order chi connectivity index (χ0) is 22.0. The van der Waals surface area contributed by atoms with Crippen molar-refractivity contribution in [2.75, 3.05) is 0 Å². The Hall–Kier alpha value is -3.52. The average Bonchev–Trinajstić information content (AvgIpc) is 3.59. The van der Waals surface area contributed by atoms with E-state index in [1.54, 1.807) is 24.3 Å². The number of aromatic nitrogens is 4. The number of hydrogen-bond donors (Lipinski definition) is 1. The number of nitrogens with one attached hydrogen (secondary N) is 1. The summed E-state index contributed by atoms with van der Waals surface area (Å²) < 4.78 is 7.01. The van der Waals surface area contributed by atoms with Gasteiger partial charge in [-0.25, -0.2) is 4.68 Å². The van der Waals surface area contributed by atoms with Crippen LogP contribution in [0.3, 0.4) is 0 Å². The van der Waals surface area contributed by atoms with Gasteiger partial charge in [0.05, 0.1) is 10.6 Å². The third-order valence-electron chi connectivity index (χ3n) is 5.71. The molecule has 0 aliphatic heterocycles. The van der Waals surface area contributed by atoms with Crippen molar-refractivity contribution in [2.24, 2.45) is 0 Å². The largest absolute Gasteiger partial charge is 0.340 e. The summed E-state index contributed by atoms with van der Waals surface area (Å²) >= 11 is 1.62. The van der Waals surface area contributed by atoms with Crippen molar-refractivity contribution in [3.05, 3.63) is 77.4 Å². The predicted octanol–water partition coefficient (Wildman–Crippen LogP) is 4.89. The maximum Gasteiger partial charge on any atom is 0.244 e. The van der Waals surface area contributed by atoms with Crippen molar-refractivity contribution < 1.29 is 9.32 Å². The molecule has 1 fully saturated rings. The van der Waals surface area contributed by atoms with Gasteiger partial charge in [-0.15, -0.1) is 11.3 Å². The van der Waals surface area contributed by atoms with Gasteiger partial charge in [0, 0.05) is 24.8 Å². The highest BCUT2D eigenvalue weighted by Crippen LogP contribution is 2.37. The predicted molar refractivity (Wildman–Crippen MR) is 123 cm³/mol. The summed E-state index contributed by atoms with van der Waals surface area (Å²) in [7, 11) is 0. The molecule has 0 spiro atoms. The van der Waals surface area contributed by atoms with E-state index in [2.05, 4.69) is 15.5 Å². The quantitative estimate of drug-likeness (QED) is 0.427. The van der Waals surface area contributed by atoms with Gasteiger partial charge < -0.3 is 9.84 Å². The normalized spacial score (nSPS) is 15.4. The van der Waals surface area contributed by atoms with Crippen LogP contribution >= 0.6 is 11.3 Å². The van der Waals surface area contributed by atoms with E-state index in [-0.39, 0.29) is 5.91 Å². The van der Waals surface area contributed by atoms with Crippen LogP contribution < -0.4 is 5.32 Å². The number of carbonyl (C=O) groups is 1. The molecule has 1 aliphatic carbocycles. The van der Waals surface area contributed by atoms with Gasteiger partial charge in [-0.2, -0.15) is 10.1 Å². The van der Waals surface area contributed by atoms with Crippen LogP contribution in [-0.4, -0.2) is 25.8 Å². The number of nitrogens with zero attached hydrogens (tertiary/aromatic N) is 4. The Balaban J connectivity index is 1.42. The lowest BCUT2D eigenvalue weighted by Crippen LogP contribution is -2.44. The third-order valence-corrected chi connectivity index (χ3v) is 6.58. The highest BCUT2D eigenvalue weighted by Gasteiger charge is 2.40. The van der Waals surface area contributed by atoms with Crippen molar-refractivity contribution >= 4 is 23.3 Å². The first-order chi connectivity index (χ1) is 15.6. The van der Waals surface area contributed by atoms with Gasteiger partial charge in [-0.1, -0.05) is 42.3 Å². The van der Waals surface area contributed by atoms with Crippen molar-refractivity contribution in [3.8, 4) is 16.3 Å². The second kappa shape index (κ2) is 8.55. The molecule has 0 unspecified atom stereocenters. The Morgan fingerprint density at radius 2 is 2.00 bits per heavy atom. The molecule has 4 aromatic rings. The third kappa shape index (κ3) is 4.01. The van der Waals surface area contributed by atoms with E-state index in [1.165, 1.54) is 0 Å². The number of carbonyl (C=O) groups excluding carboxylic acids is 1. The van der Waals surface area contributed by atoms with Crippen LogP contribution in [0.15, 0.2) is 64.6 Å². The van der Waals surface area contributed by atoms with Crippen LogP contribution in [-0.2, 0) is 10.3 Å². The van der Waals surface area contributed by atoms with E-state index in [1.807, 2.05) is 64.8 Å². The summed E-state index contributed by atoms with van der Waals surface area (Å²) in [6, 6.07) is 14.0. The number of hydrogen-bond acceptors (Lipinski definition) is 6. The number of benzene rings is 1. The summed E-state index contributed by atoms with van der Waals surface area (Å²) in [6.07, 6.45) is 8.98. The topological polar surface area (TPSA) is 85.8 Å². The number of amides is 1. The van der Waals surface area contributed by atoms with Crippen LogP contribution in [0.25, 0.3) is 22.3 Å². The van der Waals surface area contributed by atoms with Crippen molar-refractivity contribution in [1.29, 1.82) is 0 Å². The fraction of sp³-hybridized carbons (Fsp3) is 0.250. The van der Waals surface area contributed by atoms with Gasteiger partial charge in [0.1, 0.15) is 11.2 Å². The first-order valence-electron chi connectivity index (χ1n) is 10.6. The molecule has 32 heavy (non-hydrogen) atoms. The van der Waals surface area contributed by atoms with Gasteiger partial charge in [-0.3, -0.25) is 4.79 Å². The molecule has 3 aromatic heterocycles. The standard InChI is InChI=1S/C24H23N5O2S/c1-17-25-23(28-31-17)24(13-5-6-14-24)26-21(30)12-11-18-16-29(19-8-3-2-4-9-19)27-22(18)20-10-7-15-32-20/h2-4,7-12,15-16H,5-6,13-14H2,1H3,(H,26,30)/b12-11+. The maximum atomic E-state index is 12.9. The van der Waals surface area contributed by atoms with Gasteiger partial charge >= 0.3 is 0 Å². The minimum absolute atomic E-state index is 0.182. The highest BCUT2D eigenvalue weighted by molar-refractivity contribution is 7.13. The molecule has 8 heteroatoms. The minimum Gasteiger partial charge on any atom is -0.340 e. The summed E-state index contributed by atoms with van der Waals surface area (Å²) in [5.41, 5.74) is 2.12. The zero-order valence-corrected chi connectivity index (χ0v) is 18.5. The Morgan fingerprint density at radius 3 is 2.69 bits per heavy atom. The monoisotopic (exact) mass is 445 g/mol. The SMILES string of the molecule is Cc1nc(C2(NC(=O)/C=C/c3cn(-c4ccccc4)nc3-c3cccs3)CCCC2)no1. The molecule has 1 amide bonds. The molecule has 162 valence electrons. The number of para-hydroxylation sites is 1. The van der Waals surface area contributed by atoms with Crippen LogP contribution in [0, 0.1) is 6.92 Å². The Morgan fingerprint density at radius 1 is 1.19 bits per heavy atom. The number of rotatable bonds is 6. The van der Waals surface area contributed by atoms with Gasteiger partial charge in [0.25, 0.3) is 0 Å². The zero-order valence-electron chi connectivity index (χ0n) is 17.7. The number of thiophene rings is 1. The molecular weight excluding hydrogens is 422 g/mol. The van der Waals surface area contributed by atoms with Crippen molar-refractivity contribution in [2.45, 2.75) is 38.1 Å². The van der Waals surface area contributed by atoms with E-state index in [0.29, 0.717) is 11.7 Å². The molecule has 5 rings (SSSR count). The molecular formula is C24H23N5O2S. The van der Waals surface area contributed by atoms with E-state index in [0.717, 1.165) is 47.5 Å². The van der Waals surface area contributed by atoms with E-state index < -0.39 is 5.54 Å². The van der Waals surface area contributed by atoms with Gasteiger partial charge in [-0.05, 0) is 42.5 Å². The molecule has 1 aromatic carbocycles. The van der Waals surface area contributed by atoms with Crippen LogP contribution in [0.5, 0.6) is 0 Å². The molecule has 3 heterocycles. The Labute approximate surface area is 189 Å². The fourth-order valence-corrected chi connectivity index (χ4v) is 4.88. The summed E-state index contributed by atoms with van der Waals surface area (Å²) in [6.45, 7) is 1.76. The lowest BCUT2D eigenvalue weighted by atomic mass is 9.96. The van der Waals surface area contributed by atoms with Crippen LogP contribution in [0.1, 0.15) is 43.0 Å². The molecule has 0 saturated heterocycles. The maximum absolute atomic E-state index is 12.9. The van der Waals surface area contributed by atoms with Crippen LogP contribution in [0.4, 0.5) is 0 Å². The Bertz CT molecular complexity index is 1230. The second-order valence-electron chi connectivity index (χ2n) is 7.94. The fourth-order valence-electron chi connectivity index (χ4n) is 4.15. The number of aryl methyl sites for hydroxylation is 1. The Kier molecular flexibility index (Phi) is 5.45. The van der Waals surface area contributed by atoms with Crippen molar-refractivity contribution in [3.63, 3.8) is 0 Å². The van der Waals surface area contributed by atoms with E-state index in [4.69, 9.17) is 9.62 Å². The van der Waals surface area contributed by atoms with E-state index in [9.17, 15) is 4.79 Å². The minimum atomic E-state index is -0.565. The molecule has 1 saturated carbocycles.